The number of aromatic nitrogens is 3. The predicted molar refractivity (Wildman–Crippen MR) is 100 cm³/mol. The molecule has 1 amide bonds. The Morgan fingerprint density at radius 3 is 2.65 bits per heavy atom. The molecule has 0 aliphatic heterocycles. The van der Waals surface area contributed by atoms with Crippen LogP contribution in [0.25, 0.3) is 11.5 Å². The first-order valence-electron chi connectivity index (χ1n) is 8.33. The first kappa shape index (κ1) is 18.1. The van der Waals surface area contributed by atoms with Gasteiger partial charge >= 0.3 is 0 Å². The van der Waals surface area contributed by atoms with E-state index in [-0.39, 0.29) is 17.7 Å². The number of hydrogen-bond acceptors (Lipinski definition) is 6. The fraction of sp³-hybridized carbons (Fsp3) is 0.263. The van der Waals surface area contributed by atoms with Crippen molar-refractivity contribution in [3.8, 4) is 11.5 Å². The van der Waals surface area contributed by atoms with E-state index in [0.717, 1.165) is 11.1 Å². The van der Waals surface area contributed by atoms with E-state index in [9.17, 15) is 4.79 Å². The lowest BCUT2D eigenvalue weighted by Gasteiger charge is -2.26. The Morgan fingerprint density at radius 2 is 1.96 bits per heavy atom. The zero-order valence-corrected chi connectivity index (χ0v) is 15.5. The van der Waals surface area contributed by atoms with Crippen LogP contribution in [0.5, 0.6) is 0 Å². The summed E-state index contributed by atoms with van der Waals surface area (Å²) >= 11 is 1.25. The van der Waals surface area contributed by atoms with E-state index in [1.807, 2.05) is 55.1 Å². The Labute approximate surface area is 156 Å². The molecule has 0 spiro atoms. The topological polar surface area (TPSA) is 72.1 Å². The van der Waals surface area contributed by atoms with Crippen LogP contribution in [0.3, 0.4) is 0 Å². The number of amides is 1. The van der Waals surface area contributed by atoms with E-state index < -0.39 is 0 Å². The standard InChI is InChI=1S/C19H20N4O2S/c1-14(2)23(12-15-7-4-3-5-8-15)17(24)13-26-19-22-21-18(25-19)16-9-6-10-20-11-16/h3-11,14H,12-13H2,1-2H3. The lowest BCUT2D eigenvalue weighted by molar-refractivity contribution is -0.130. The number of carbonyl (C=O) groups excluding carboxylic acids is 1. The molecule has 6 nitrogen and oxygen atoms in total. The minimum absolute atomic E-state index is 0.0370. The highest BCUT2D eigenvalue weighted by atomic mass is 32.2. The van der Waals surface area contributed by atoms with Crippen molar-refractivity contribution in [1.29, 1.82) is 0 Å². The van der Waals surface area contributed by atoms with Crippen LogP contribution in [0.1, 0.15) is 19.4 Å². The van der Waals surface area contributed by atoms with E-state index in [0.29, 0.717) is 17.7 Å². The van der Waals surface area contributed by atoms with Gasteiger partial charge in [0.15, 0.2) is 0 Å². The molecule has 0 unspecified atom stereocenters. The third-order valence-electron chi connectivity index (χ3n) is 3.77. The summed E-state index contributed by atoms with van der Waals surface area (Å²) in [5.41, 5.74) is 1.86. The number of carbonyl (C=O) groups is 1. The molecule has 3 rings (SSSR count). The average molecular weight is 368 g/mol. The van der Waals surface area contributed by atoms with Crippen LogP contribution in [-0.4, -0.2) is 37.8 Å². The normalized spacial score (nSPS) is 10.9. The molecule has 1 aromatic carbocycles. The monoisotopic (exact) mass is 368 g/mol. The van der Waals surface area contributed by atoms with E-state index in [1.54, 1.807) is 18.5 Å². The van der Waals surface area contributed by atoms with E-state index >= 15 is 0 Å². The van der Waals surface area contributed by atoms with Crippen LogP contribution >= 0.6 is 11.8 Å². The number of rotatable bonds is 7. The number of thioether (sulfide) groups is 1. The maximum absolute atomic E-state index is 12.6. The maximum atomic E-state index is 12.6. The van der Waals surface area contributed by atoms with Crippen LogP contribution in [0, 0.1) is 0 Å². The van der Waals surface area contributed by atoms with Gasteiger partial charge in [-0.2, -0.15) is 0 Å². The second kappa shape index (κ2) is 8.62. The van der Waals surface area contributed by atoms with Crippen LogP contribution in [0.2, 0.25) is 0 Å². The largest absolute Gasteiger partial charge is 0.411 e. The number of pyridine rings is 1. The lowest BCUT2D eigenvalue weighted by atomic mass is 10.2. The van der Waals surface area contributed by atoms with Gasteiger partial charge in [-0.15, -0.1) is 10.2 Å². The summed E-state index contributed by atoms with van der Waals surface area (Å²) in [4.78, 5) is 18.5. The molecule has 0 N–H and O–H groups in total. The van der Waals surface area contributed by atoms with Crippen molar-refractivity contribution in [1.82, 2.24) is 20.1 Å². The summed E-state index contributed by atoms with van der Waals surface area (Å²) in [5.74, 6) is 0.688. The van der Waals surface area contributed by atoms with Crippen LogP contribution < -0.4 is 0 Å². The van der Waals surface area contributed by atoms with Gasteiger partial charge in [-0.05, 0) is 31.5 Å². The van der Waals surface area contributed by atoms with Crippen LogP contribution in [0.15, 0.2) is 64.5 Å². The number of hydrogen-bond donors (Lipinski definition) is 0. The molecule has 0 atom stereocenters. The molecule has 3 aromatic rings. The molecule has 2 aromatic heterocycles. The SMILES string of the molecule is CC(C)N(Cc1ccccc1)C(=O)CSc1nnc(-c2cccnc2)o1. The third-order valence-corrected chi connectivity index (χ3v) is 4.58. The van der Waals surface area contributed by atoms with E-state index in [4.69, 9.17) is 4.42 Å². The molecule has 0 saturated carbocycles. The molecular formula is C19H20N4O2S. The Balaban J connectivity index is 1.61. The highest BCUT2D eigenvalue weighted by Gasteiger charge is 2.19. The van der Waals surface area contributed by atoms with Crippen molar-refractivity contribution in [2.24, 2.45) is 0 Å². The quantitative estimate of drug-likeness (QED) is 0.593. The maximum Gasteiger partial charge on any atom is 0.277 e. The summed E-state index contributed by atoms with van der Waals surface area (Å²) < 4.78 is 5.61. The van der Waals surface area contributed by atoms with Gasteiger partial charge in [-0.25, -0.2) is 0 Å². The molecule has 2 heterocycles. The number of nitrogens with zero attached hydrogens (tertiary/aromatic N) is 4. The number of benzene rings is 1. The van der Waals surface area contributed by atoms with Gasteiger partial charge in [-0.3, -0.25) is 9.78 Å². The van der Waals surface area contributed by atoms with Gasteiger partial charge in [0.2, 0.25) is 11.8 Å². The molecule has 0 aliphatic carbocycles. The lowest BCUT2D eigenvalue weighted by Crippen LogP contribution is -2.37. The summed E-state index contributed by atoms with van der Waals surface area (Å²) in [6.45, 7) is 4.61. The summed E-state index contributed by atoms with van der Waals surface area (Å²) in [6, 6.07) is 13.7. The van der Waals surface area contributed by atoms with Gasteiger partial charge in [0.1, 0.15) is 0 Å². The molecule has 0 aliphatic rings. The highest BCUT2D eigenvalue weighted by Crippen LogP contribution is 2.23. The Hall–Kier alpha value is -2.67. The summed E-state index contributed by atoms with van der Waals surface area (Å²) in [5, 5.41) is 8.39. The Bertz CT molecular complexity index is 837. The predicted octanol–water partition coefficient (Wildman–Crippen LogP) is 3.66. The minimum atomic E-state index is 0.0370. The van der Waals surface area contributed by atoms with Crippen molar-refractivity contribution < 1.29 is 9.21 Å². The molecule has 26 heavy (non-hydrogen) atoms. The molecule has 7 heteroatoms. The van der Waals surface area contributed by atoms with Crippen molar-refractivity contribution in [3.05, 3.63) is 60.4 Å². The van der Waals surface area contributed by atoms with Crippen molar-refractivity contribution in [2.75, 3.05) is 5.75 Å². The van der Waals surface area contributed by atoms with Gasteiger partial charge in [-0.1, -0.05) is 42.1 Å². The Morgan fingerprint density at radius 1 is 1.15 bits per heavy atom. The van der Waals surface area contributed by atoms with Crippen LogP contribution in [-0.2, 0) is 11.3 Å². The zero-order valence-electron chi connectivity index (χ0n) is 14.7. The Kier molecular flexibility index (Phi) is 6.01. The second-order valence-corrected chi connectivity index (χ2v) is 6.93. The second-order valence-electron chi connectivity index (χ2n) is 6.00. The molecule has 0 saturated heterocycles. The molecule has 0 bridgehead atoms. The average Bonchev–Trinajstić information content (AvgIpc) is 3.14. The molecule has 134 valence electrons. The zero-order chi connectivity index (χ0) is 18.4. The van der Waals surface area contributed by atoms with Gasteiger partial charge < -0.3 is 9.32 Å². The molecular weight excluding hydrogens is 348 g/mol. The first-order valence-corrected chi connectivity index (χ1v) is 9.32. The van der Waals surface area contributed by atoms with Crippen molar-refractivity contribution in [3.63, 3.8) is 0 Å². The summed E-state index contributed by atoms with van der Waals surface area (Å²) in [6.07, 6.45) is 3.34. The third kappa shape index (κ3) is 4.70. The molecule has 0 radical (unpaired) electrons. The van der Waals surface area contributed by atoms with Gasteiger partial charge in [0.25, 0.3) is 5.22 Å². The van der Waals surface area contributed by atoms with Crippen molar-refractivity contribution >= 4 is 17.7 Å². The fourth-order valence-electron chi connectivity index (χ4n) is 2.42. The smallest absolute Gasteiger partial charge is 0.277 e. The minimum Gasteiger partial charge on any atom is -0.411 e. The highest BCUT2D eigenvalue weighted by molar-refractivity contribution is 7.99. The van der Waals surface area contributed by atoms with Gasteiger partial charge in [0.05, 0.1) is 11.3 Å². The molecule has 0 fully saturated rings. The van der Waals surface area contributed by atoms with Crippen molar-refractivity contribution in [2.45, 2.75) is 31.7 Å². The van der Waals surface area contributed by atoms with E-state index in [1.165, 1.54) is 11.8 Å². The van der Waals surface area contributed by atoms with Gasteiger partial charge in [0, 0.05) is 25.0 Å². The first-order chi connectivity index (χ1) is 12.6. The summed E-state index contributed by atoms with van der Waals surface area (Å²) in [7, 11) is 0. The van der Waals surface area contributed by atoms with E-state index in [2.05, 4.69) is 15.2 Å². The van der Waals surface area contributed by atoms with Crippen LogP contribution in [0.4, 0.5) is 0 Å². The fourth-order valence-corrected chi connectivity index (χ4v) is 3.07.